The first-order chi connectivity index (χ1) is 7.40. The Morgan fingerprint density at radius 1 is 1.31 bits per heavy atom. The van der Waals surface area contributed by atoms with Gasteiger partial charge in [-0.1, -0.05) is 0 Å². The lowest BCUT2D eigenvalue weighted by Crippen LogP contribution is -2.29. The minimum Gasteiger partial charge on any atom is -0.507 e. The minimum absolute atomic E-state index is 0.0714. The van der Waals surface area contributed by atoms with Crippen molar-refractivity contribution in [1.82, 2.24) is 4.72 Å². The van der Waals surface area contributed by atoms with Crippen LogP contribution in [-0.4, -0.2) is 18.6 Å². The Balaban J connectivity index is 2.49. The second kappa shape index (κ2) is 3.70. The molecule has 16 heavy (non-hydrogen) atoms. The van der Waals surface area contributed by atoms with Crippen LogP contribution in [-0.2, 0) is 10.2 Å². The van der Waals surface area contributed by atoms with E-state index in [0.29, 0.717) is 9.26 Å². The van der Waals surface area contributed by atoms with Gasteiger partial charge in [0.25, 0.3) is 0 Å². The number of benzene rings is 1. The molecule has 0 aromatic heterocycles. The Labute approximate surface area is 106 Å². The zero-order valence-corrected chi connectivity index (χ0v) is 10.7. The number of anilines is 1. The standard InChI is InChI=1S/C8H7IN2O4S/c9-6-3-5(1-2-7(6)12)11-4-8(13)10-16(11,14)15/h1-4,10,12-13H. The molecule has 8 heteroatoms. The Kier molecular flexibility index (Phi) is 2.62. The van der Waals surface area contributed by atoms with Crippen molar-refractivity contribution in [3.8, 4) is 5.75 Å². The van der Waals surface area contributed by atoms with Crippen molar-refractivity contribution < 1.29 is 18.6 Å². The molecule has 0 amide bonds. The quantitative estimate of drug-likeness (QED) is 0.657. The monoisotopic (exact) mass is 354 g/mol. The van der Waals surface area contributed by atoms with E-state index >= 15 is 0 Å². The molecular weight excluding hydrogens is 347 g/mol. The summed E-state index contributed by atoms with van der Waals surface area (Å²) in [6.45, 7) is 0. The van der Waals surface area contributed by atoms with Crippen LogP contribution in [0, 0.1) is 3.57 Å². The number of phenolic OH excluding ortho intramolecular Hbond substituents is 1. The highest BCUT2D eigenvalue weighted by atomic mass is 127. The molecule has 0 aliphatic carbocycles. The van der Waals surface area contributed by atoms with Gasteiger partial charge in [-0.3, -0.25) is 0 Å². The molecule has 0 saturated heterocycles. The van der Waals surface area contributed by atoms with Gasteiger partial charge >= 0.3 is 10.2 Å². The normalized spacial score (nSPS) is 18.1. The maximum Gasteiger partial charge on any atom is 0.330 e. The fourth-order valence-corrected chi connectivity index (χ4v) is 2.78. The van der Waals surface area contributed by atoms with Gasteiger partial charge in [-0.05, 0) is 40.8 Å². The van der Waals surface area contributed by atoms with Crippen molar-refractivity contribution in [2.75, 3.05) is 4.31 Å². The summed E-state index contributed by atoms with van der Waals surface area (Å²) in [6, 6.07) is 4.31. The summed E-state index contributed by atoms with van der Waals surface area (Å²) in [5, 5.41) is 18.4. The summed E-state index contributed by atoms with van der Waals surface area (Å²) in [4.78, 5) is 0. The van der Waals surface area contributed by atoms with Crippen LogP contribution in [0.2, 0.25) is 0 Å². The summed E-state index contributed by atoms with van der Waals surface area (Å²) < 4.78 is 26.4. The average molecular weight is 354 g/mol. The van der Waals surface area contributed by atoms with Gasteiger partial charge in [-0.25, -0.2) is 9.03 Å². The molecule has 1 aromatic rings. The third kappa shape index (κ3) is 1.89. The smallest absolute Gasteiger partial charge is 0.330 e. The highest BCUT2D eigenvalue weighted by molar-refractivity contribution is 14.1. The van der Waals surface area contributed by atoms with Crippen LogP contribution in [0.5, 0.6) is 5.75 Å². The van der Waals surface area contributed by atoms with Crippen LogP contribution in [0.15, 0.2) is 30.3 Å². The van der Waals surface area contributed by atoms with E-state index in [1.807, 2.05) is 27.3 Å². The van der Waals surface area contributed by atoms with Gasteiger partial charge in [0.05, 0.1) is 15.5 Å². The molecule has 0 atom stereocenters. The predicted molar refractivity (Wildman–Crippen MR) is 66.1 cm³/mol. The minimum atomic E-state index is -3.76. The molecular formula is C8H7IN2O4S. The van der Waals surface area contributed by atoms with Crippen molar-refractivity contribution in [2.24, 2.45) is 0 Å². The number of hydrogen-bond acceptors (Lipinski definition) is 4. The number of aromatic hydroxyl groups is 1. The summed E-state index contributed by atoms with van der Waals surface area (Å²) >= 11 is 1.88. The first-order valence-corrected chi connectivity index (χ1v) is 6.63. The second-order valence-electron chi connectivity index (χ2n) is 3.05. The zero-order chi connectivity index (χ0) is 11.9. The molecule has 0 bridgehead atoms. The number of phenols is 1. The van der Waals surface area contributed by atoms with Gasteiger partial charge in [0, 0.05) is 0 Å². The van der Waals surface area contributed by atoms with E-state index in [1.165, 1.54) is 18.2 Å². The summed E-state index contributed by atoms with van der Waals surface area (Å²) in [6.07, 6.45) is 1.05. The molecule has 0 fully saturated rings. The molecule has 6 nitrogen and oxygen atoms in total. The molecule has 0 saturated carbocycles. The number of nitrogens with zero attached hydrogens (tertiary/aromatic N) is 1. The zero-order valence-electron chi connectivity index (χ0n) is 7.75. The Morgan fingerprint density at radius 3 is 2.50 bits per heavy atom. The first-order valence-electron chi connectivity index (χ1n) is 4.11. The van der Waals surface area contributed by atoms with Crippen molar-refractivity contribution >= 4 is 38.5 Å². The van der Waals surface area contributed by atoms with E-state index in [2.05, 4.69) is 0 Å². The maximum absolute atomic E-state index is 11.5. The molecule has 1 heterocycles. The third-order valence-electron chi connectivity index (χ3n) is 1.92. The van der Waals surface area contributed by atoms with E-state index in [0.717, 1.165) is 10.5 Å². The first kappa shape index (κ1) is 11.3. The fraction of sp³-hybridized carbons (Fsp3) is 0. The van der Waals surface area contributed by atoms with Crippen LogP contribution in [0.3, 0.4) is 0 Å². The van der Waals surface area contributed by atoms with E-state index in [9.17, 15) is 13.5 Å². The molecule has 1 aromatic carbocycles. The fourth-order valence-electron chi connectivity index (χ4n) is 1.23. The molecule has 1 aliphatic heterocycles. The molecule has 0 unspecified atom stereocenters. The maximum atomic E-state index is 11.5. The van der Waals surface area contributed by atoms with Gasteiger partial charge in [0.1, 0.15) is 5.75 Å². The number of rotatable bonds is 1. The Morgan fingerprint density at radius 2 is 2.00 bits per heavy atom. The van der Waals surface area contributed by atoms with E-state index in [4.69, 9.17) is 5.11 Å². The Bertz CT molecular complexity index is 569. The molecule has 1 aliphatic rings. The third-order valence-corrected chi connectivity index (χ3v) is 4.08. The van der Waals surface area contributed by atoms with Gasteiger partial charge in [0.15, 0.2) is 0 Å². The number of hydrogen-bond donors (Lipinski definition) is 3. The molecule has 3 N–H and O–H groups in total. The molecule has 0 radical (unpaired) electrons. The van der Waals surface area contributed by atoms with Gasteiger partial charge in [-0.2, -0.15) is 8.42 Å². The van der Waals surface area contributed by atoms with Crippen LogP contribution in [0.25, 0.3) is 0 Å². The van der Waals surface area contributed by atoms with Crippen molar-refractivity contribution in [2.45, 2.75) is 0 Å². The summed E-state index contributed by atoms with van der Waals surface area (Å²) in [7, 11) is -3.76. The number of halogens is 1. The summed E-state index contributed by atoms with van der Waals surface area (Å²) in [5.41, 5.74) is 0.332. The lowest BCUT2D eigenvalue weighted by atomic mass is 10.3. The van der Waals surface area contributed by atoms with Crippen LogP contribution < -0.4 is 9.03 Å². The SMILES string of the molecule is O=S1(=O)NC(O)=CN1c1ccc(O)c(I)c1. The van der Waals surface area contributed by atoms with E-state index in [1.54, 1.807) is 0 Å². The molecule has 2 rings (SSSR count). The van der Waals surface area contributed by atoms with Crippen LogP contribution in [0.1, 0.15) is 0 Å². The van der Waals surface area contributed by atoms with Gasteiger partial charge in [-0.15, -0.1) is 0 Å². The van der Waals surface area contributed by atoms with Crippen molar-refractivity contribution in [3.63, 3.8) is 0 Å². The number of aliphatic hydroxyl groups excluding tert-OH is 1. The largest absolute Gasteiger partial charge is 0.507 e. The highest BCUT2D eigenvalue weighted by Gasteiger charge is 2.28. The van der Waals surface area contributed by atoms with Crippen molar-refractivity contribution in [3.05, 3.63) is 33.9 Å². The van der Waals surface area contributed by atoms with E-state index < -0.39 is 16.1 Å². The average Bonchev–Trinajstić information content (AvgIpc) is 2.44. The van der Waals surface area contributed by atoms with E-state index in [-0.39, 0.29) is 5.75 Å². The second-order valence-corrected chi connectivity index (χ2v) is 5.76. The highest BCUT2D eigenvalue weighted by Crippen LogP contribution is 2.28. The topological polar surface area (TPSA) is 89.9 Å². The number of nitrogens with one attached hydrogen (secondary N) is 1. The number of aliphatic hydroxyl groups is 1. The lowest BCUT2D eigenvalue weighted by Gasteiger charge is -2.14. The van der Waals surface area contributed by atoms with Crippen LogP contribution in [0.4, 0.5) is 5.69 Å². The molecule has 0 spiro atoms. The van der Waals surface area contributed by atoms with Crippen molar-refractivity contribution in [1.29, 1.82) is 0 Å². The summed E-state index contributed by atoms with van der Waals surface area (Å²) in [5.74, 6) is -0.370. The lowest BCUT2D eigenvalue weighted by molar-refractivity contribution is 0.392. The van der Waals surface area contributed by atoms with Gasteiger partial charge < -0.3 is 10.2 Å². The Hall–Kier alpha value is -1.16. The van der Waals surface area contributed by atoms with Gasteiger partial charge in [0.2, 0.25) is 5.88 Å². The van der Waals surface area contributed by atoms with Crippen LogP contribution >= 0.6 is 22.6 Å². The molecule has 86 valence electrons. The predicted octanol–water partition coefficient (Wildman–Crippen LogP) is 1.01.